The average molecular weight is 696 g/mol. The molecule has 6 rings (SSSR count). The number of nitrogens with one attached hydrogen (secondary N) is 2. The van der Waals surface area contributed by atoms with Crippen molar-refractivity contribution in [3.8, 4) is 11.6 Å². The number of amides is 1. The Morgan fingerprint density at radius 1 is 1.00 bits per heavy atom. The molecule has 3 aromatic rings. The quantitative estimate of drug-likeness (QED) is 0.270. The second kappa shape index (κ2) is 13.8. The first kappa shape index (κ1) is 33.6. The molecule has 3 saturated heterocycles. The molecule has 1 unspecified atom stereocenters. The van der Waals surface area contributed by atoms with Gasteiger partial charge in [-0.25, -0.2) is 18.2 Å². The maximum atomic E-state index is 12.9. The van der Waals surface area contributed by atoms with Gasteiger partial charge in [0.05, 0.1) is 20.0 Å². The molecule has 1 amide bonds. The van der Waals surface area contributed by atoms with Crippen LogP contribution in [0.3, 0.4) is 0 Å². The fourth-order valence-corrected chi connectivity index (χ4v) is 6.19. The van der Waals surface area contributed by atoms with E-state index in [1.807, 2.05) is 0 Å². The van der Waals surface area contributed by atoms with Crippen LogP contribution in [0.5, 0.6) is 11.6 Å². The summed E-state index contributed by atoms with van der Waals surface area (Å²) in [6, 6.07) is 12.1. The number of carboxylic acid groups (broad SMARTS) is 1. The molecule has 3 aliphatic heterocycles. The fourth-order valence-electron chi connectivity index (χ4n) is 4.60. The van der Waals surface area contributed by atoms with Gasteiger partial charge in [-0.1, -0.05) is 34.8 Å². The second-order valence-electron chi connectivity index (χ2n) is 9.84. The molecule has 3 aliphatic rings. The van der Waals surface area contributed by atoms with E-state index in [0.717, 1.165) is 32.5 Å². The number of aliphatic carboxylic acids is 1. The summed E-state index contributed by atoms with van der Waals surface area (Å²) in [7, 11) is -4.05. The Kier molecular flexibility index (Phi) is 10.5. The minimum absolute atomic E-state index is 0.0162. The van der Waals surface area contributed by atoms with Crippen molar-refractivity contribution in [2.24, 2.45) is 5.92 Å². The number of ether oxygens (including phenoxy) is 1. The summed E-state index contributed by atoms with van der Waals surface area (Å²) >= 11 is 17.9. The number of benzene rings is 2. The number of alkyl halides is 3. The van der Waals surface area contributed by atoms with E-state index in [-0.39, 0.29) is 43.5 Å². The van der Waals surface area contributed by atoms with Gasteiger partial charge in [0.1, 0.15) is 11.4 Å². The van der Waals surface area contributed by atoms with Crippen LogP contribution in [0.2, 0.25) is 15.1 Å². The number of rotatable bonds is 7. The van der Waals surface area contributed by atoms with Crippen molar-refractivity contribution in [3.05, 3.63) is 75.4 Å². The standard InChI is InChI=1S/C25H23Cl3N4O4S.C2HF3O2/c26-17-11-22(31-37(34,35)19-5-6-20(27)21(28)12-19)25(29-13-17)36-18-3-1-16(2-4-18)24(33)30-23-14-32-9-7-15(23)8-10-32;3-2(4,5)1(6)7/h1-6,11-13,15,23,31H,7-10,14H2,(H,30,33);(H,6,7). The molecule has 44 heavy (non-hydrogen) atoms. The van der Waals surface area contributed by atoms with E-state index >= 15 is 0 Å². The van der Waals surface area contributed by atoms with Gasteiger partial charge in [0, 0.05) is 24.3 Å². The van der Waals surface area contributed by atoms with Gasteiger partial charge in [-0.3, -0.25) is 9.52 Å². The summed E-state index contributed by atoms with van der Waals surface area (Å²) in [5.74, 6) is -2.02. The van der Waals surface area contributed by atoms with E-state index in [0.29, 0.717) is 17.2 Å². The summed E-state index contributed by atoms with van der Waals surface area (Å²) in [4.78, 5) is 28.1. The molecule has 4 heterocycles. The molecular formula is C27H24Cl3F3N4O6S. The Balaban J connectivity index is 0.000000566. The highest BCUT2D eigenvalue weighted by Gasteiger charge is 2.38. The first-order valence-electron chi connectivity index (χ1n) is 12.9. The van der Waals surface area contributed by atoms with Crippen LogP contribution in [0.25, 0.3) is 0 Å². The van der Waals surface area contributed by atoms with Crippen LogP contribution >= 0.6 is 34.8 Å². The lowest BCUT2D eigenvalue weighted by molar-refractivity contribution is -0.192. The van der Waals surface area contributed by atoms with Crippen LogP contribution in [0.4, 0.5) is 18.9 Å². The number of nitrogens with zero attached hydrogens (tertiary/aromatic N) is 2. The Morgan fingerprint density at radius 2 is 1.64 bits per heavy atom. The highest BCUT2D eigenvalue weighted by molar-refractivity contribution is 7.92. The van der Waals surface area contributed by atoms with Gasteiger partial charge in [0.15, 0.2) is 0 Å². The van der Waals surface area contributed by atoms with Gasteiger partial charge in [-0.15, -0.1) is 0 Å². The van der Waals surface area contributed by atoms with E-state index in [4.69, 9.17) is 49.4 Å². The van der Waals surface area contributed by atoms with Gasteiger partial charge in [0.2, 0.25) is 5.88 Å². The first-order chi connectivity index (χ1) is 20.6. The van der Waals surface area contributed by atoms with Crippen molar-refractivity contribution in [1.29, 1.82) is 0 Å². The van der Waals surface area contributed by atoms with E-state index in [1.54, 1.807) is 24.3 Å². The van der Waals surface area contributed by atoms with Gasteiger partial charge in [-0.05, 0) is 80.4 Å². The van der Waals surface area contributed by atoms with Crippen LogP contribution in [-0.4, -0.2) is 67.1 Å². The number of carbonyl (C=O) groups is 2. The van der Waals surface area contributed by atoms with Gasteiger partial charge < -0.3 is 20.1 Å². The molecule has 2 bridgehead atoms. The van der Waals surface area contributed by atoms with Gasteiger partial charge >= 0.3 is 12.1 Å². The zero-order valence-corrected chi connectivity index (χ0v) is 25.5. The highest BCUT2D eigenvalue weighted by Crippen LogP contribution is 2.33. The molecule has 0 saturated carbocycles. The third-order valence-corrected chi connectivity index (χ3v) is 9.12. The predicted octanol–water partition coefficient (Wildman–Crippen LogP) is 6.09. The predicted molar refractivity (Wildman–Crippen MR) is 157 cm³/mol. The third kappa shape index (κ3) is 8.66. The summed E-state index contributed by atoms with van der Waals surface area (Å²) < 4.78 is 65.8. The molecule has 3 N–H and O–H groups in total. The monoisotopic (exact) mass is 694 g/mol. The number of aromatic nitrogens is 1. The Labute approximate surface area is 265 Å². The molecular weight excluding hydrogens is 672 g/mol. The third-order valence-electron chi connectivity index (χ3n) is 6.81. The molecule has 0 spiro atoms. The molecule has 0 radical (unpaired) electrons. The molecule has 2 aromatic carbocycles. The molecule has 1 atom stereocenters. The summed E-state index contributed by atoms with van der Waals surface area (Å²) in [6.07, 6.45) is -1.52. The molecule has 10 nitrogen and oxygen atoms in total. The molecule has 3 fully saturated rings. The molecule has 17 heteroatoms. The van der Waals surface area contributed by atoms with E-state index in [9.17, 15) is 26.4 Å². The van der Waals surface area contributed by atoms with Crippen molar-refractivity contribution >= 4 is 62.4 Å². The second-order valence-corrected chi connectivity index (χ2v) is 12.8. The number of carboxylic acids is 1. The number of hydrogen-bond acceptors (Lipinski definition) is 7. The van der Waals surface area contributed by atoms with Gasteiger partial charge in [-0.2, -0.15) is 13.2 Å². The summed E-state index contributed by atoms with van der Waals surface area (Å²) in [6.45, 7) is 3.10. The number of halogens is 6. The van der Waals surface area contributed by atoms with E-state index in [2.05, 4.69) is 19.9 Å². The Bertz CT molecular complexity index is 1640. The summed E-state index contributed by atoms with van der Waals surface area (Å²) in [5.41, 5.74) is 0.538. The topological polar surface area (TPSA) is 138 Å². The summed E-state index contributed by atoms with van der Waals surface area (Å²) in [5, 5.41) is 10.8. The maximum Gasteiger partial charge on any atom is 0.490 e. The van der Waals surface area contributed by atoms with Crippen LogP contribution < -0.4 is 14.8 Å². The SMILES string of the molecule is O=C(NC1CN2CCC1CC2)c1ccc(Oc2ncc(Cl)cc2NS(=O)(=O)c2ccc(Cl)c(Cl)c2)cc1.O=C(O)C(F)(F)F. The number of pyridine rings is 1. The molecule has 1 aromatic heterocycles. The molecule has 0 aliphatic carbocycles. The van der Waals surface area contributed by atoms with Crippen LogP contribution in [0.15, 0.2) is 59.6 Å². The van der Waals surface area contributed by atoms with E-state index in [1.165, 1.54) is 30.5 Å². The minimum Gasteiger partial charge on any atom is -0.475 e. The zero-order chi connectivity index (χ0) is 32.2. The van der Waals surface area contributed by atoms with Crippen molar-refractivity contribution < 1.29 is 41.0 Å². The van der Waals surface area contributed by atoms with Crippen molar-refractivity contribution in [2.75, 3.05) is 24.4 Å². The van der Waals surface area contributed by atoms with Crippen molar-refractivity contribution in [1.82, 2.24) is 15.2 Å². The largest absolute Gasteiger partial charge is 0.490 e. The fraction of sp³-hybridized carbons (Fsp3) is 0.296. The van der Waals surface area contributed by atoms with Crippen LogP contribution in [-0.2, 0) is 14.8 Å². The van der Waals surface area contributed by atoms with Crippen LogP contribution in [0.1, 0.15) is 23.2 Å². The lowest BCUT2D eigenvalue weighted by atomic mass is 9.84. The lowest BCUT2D eigenvalue weighted by Gasteiger charge is -2.44. The number of piperidine rings is 3. The normalized spacial score (nSPS) is 19.4. The number of carbonyl (C=O) groups excluding carboxylic acids is 1. The lowest BCUT2D eigenvalue weighted by Crippen LogP contribution is -2.57. The number of sulfonamides is 1. The minimum atomic E-state index is -5.08. The number of hydrogen-bond donors (Lipinski definition) is 3. The molecule has 236 valence electrons. The zero-order valence-electron chi connectivity index (χ0n) is 22.4. The van der Waals surface area contributed by atoms with Crippen molar-refractivity contribution in [2.45, 2.75) is 30.0 Å². The smallest absolute Gasteiger partial charge is 0.475 e. The van der Waals surface area contributed by atoms with Crippen LogP contribution in [0, 0.1) is 5.92 Å². The Hall–Kier alpha value is -3.30. The average Bonchev–Trinajstić information content (AvgIpc) is 2.96. The Morgan fingerprint density at radius 3 is 2.18 bits per heavy atom. The highest BCUT2D eigenvalue weighted by atomic mass is 35.5. The van der Waals surface area contributed by atoms with Gasteiger partial charge in [0.25, 0.3) is 15.9 Å². The van der Waals surface area contributed by atoms with Crippen molar-refractivity contribution in [3.63, 3.8) is 0 Å². The van der Waals surface area contributed by atoms with E-state index < -0.39 is 22.2 Å². The number of anilines is 1. The number of fused-ring (bicyclic) bond motifs is 3. The first-order valence-corrected chi connectivity index (χ1v) is 15.5. The maximum absolute atomic E-state index is 12.9.